The van der Waals surface area contributed by atoms with E-state index >= 15 is 0 Å². The van der Waals surface area contributed by atoms with E-state index in [1.807, 2.05) is 42.5 Å². The summed E-state index contributed by atoms with van der Waals surface area (Å²) in [6.07, 6.45) is 0. The number of rotatable bonds is 5. The molecule has 2 N–H and O–H groups in total. The molecule has 0 saturated carbocycles. The van der Waals surface area contributed by atoms with Gasteiger partial charge in [-0.2, -0.15) is 0 Å². The number of para-hydroxylation sites is 1. The van der Waals surface area contributed by atoms with E-state index in [2.05, 4.69) is 10.0 Å². The summed E-state index contributed by atoms with van der Waals surface area (Å²) in [6.45, 7) is 1.71. The van der Waals surface area contributed by atoms with Gasteiger partial charge in [-0.1, -0.05) is 48.5 Å². The molecule has 164 valence electrons. The predicted octanol–water partition coefficient (Wildman–Crippen LogP) is 5.95. The molecular weight excluding hydrogens is 436 g/mol. The van der Waals surface area contributed by atoms with Crippen LogP contribution < -0.4 is 10.0 Å². The van der Waals surface area contributed by atoms with Crippen molar-refractivity contribution in [1.82, 2.24) is 0 Å². The molecule has 7 heteroatoms. The second-order valence-corrected chi connectivity index (χ2v) is 9.36. The van der Waals surface area contributed by atoms with Crippen molar-refractivity contribution in [2.75, 3.05) is 10.0 Å². The maximum absolute atomic E-state index is 13.0. The Bertz CT molecular complexity index is 1610. The van der Waals surface area contributed by atoms with Crippen LogP contribution in [-0.4, -0.2) is 14.3 Å². The lowest BCUT2D eigenvalue weighted by molar-refractivity contribution is 0.102. The first-order valence-electron chi connectivity index (χ1n) is 10.3. The molecule has 1 heterocycles. The van der Waals surface area contributed by atoms with Gasteiger partial charge in [0.15, 0.2) is 0 Å². The Labute approximate surface area is 190 Å². The van der Waals surface area contributed by atoms with E-state index in [9.17, 15) is 13.2 Å². The van der Waals surface area contributed by atoms with Gasteiger partial charge in [0.1, 0.15) is 11.3 Å². The number of carbonyl (C=O) groups is 1. The number of hydrogen-bond acceptors (Lipinski definition) is 4. The molecule has 0 unspecified atom stereocenters. The molecule has 0 bridgehead atoms. The lowest BCUT2D eigenvalue weighted by Crippen LogP contribution is -2.13. The molecule has 0 saturated heterocycles. The van der Waals surface area contributed by atoms with E-state index < -0.39 is 10.0 Å². The predicted molar refractivity (Wildman–Crippen MR) is 130 cm³/mol. The first-order chi connectivity index (χ1) is 15.9. The summed E-state index contributed by atoms with van der Waals surface area (Å²) >= 11 is 0. The number of nitrogens with one attached hydrogen (secondary N) is 2. The Hall–Kier alpha value is -4.10. The number of anilines is 2. The van der Waals surface area contributed by atoms with Crippen LogP contribution in [0.4, 0.5) is 11.4 Å². The Morgan fingerprint density at radius 3 is 2.30 bits per heavy atom. The third kappa shape index (κ3) is 4.06. The van der Waals surface area contributed by atoms with Gasteiger partial charge < -0.3 is 9.73 Å². The molecule has 0 aliphatic rings. The fourth-order valence-electron chi connectivity index (χ4n) is 3.83. The van der Waals surface area contributed by atoms with E-state index in [0.29, 0.717) is 33.7 Å². The second-order valence-electron chi connectivity index (χ2n) is 7.68. The van der Waals surface area contributed by atoms with Gasteiger partial charge >= 0.3 is 0 Å². The number of fused-ring (bicyclic) bond motifs is 2. The van der Waals surface area contributed by atoms with Crippen molar-refractivity contribution in [3.8, 4) is 0 Å². The van der Waals surface area contributed by atoms with Crippen molar-refractivity contribution >= 4 is 49.0 Å². The number of amides is 1. The topological polar surface area (TPSA) is 88.4 Å². The first kappa shape index (κ1) is 20.8. The van der Waals surface area contributed by atoms with Gasteiger partial charge in [-0.15, -0.1) is 0 Å². The van der Waals surface area contributed by atoms with Gasteiger partial charge in [-0.05, 0) is 60.2 Å². The van der Waals surface area contributed by atoms with E-state index in [1.165, 1.54) is 0 Å². The molecule has 1 amide bonds. The largest absolute Gasteiger partial charge is 0.461 e. The number of aryl methyl sites for hydroxylation is 1. The van der Waals surface area contributed by atoms with Gasteiger partial charge in [0.25, 0.3) is 15.9 Å². The van der Waals surface area contributed by atoms with Crippen molar-refractivity contribution in [2.45, 2.75) is 11.8 Å². The monoisotopic (exact) mass is 456 g/mol. The van der Waals surface area contributed by atoms with Gasteiger partial charge in [-0.3, -0.25) is 9.52 Å². The highest BCUT2D eigenvalue weighted by Crippen LogP contribution is 2.30. The third-order valence-corrected chi connectivity index (χ3v) is 6.79. The summed E-state index contributed by atoms with van der Waals surface area (Å²) in [6, 6.07) is 26.5. The van der Waals surface area contributed by atoms with Crippen molar-refractivity contribution in [3.05, 3.63) is 102 Å². The fourth-order valence-corrected chi connectivity index (χ4v) is 4.91. The van der Waals surface area contributed by atoms with E-state index in [1.54, 1.807) is 55.5 Å². The second kappa shape index (κ2) is 8.11. The normalized spacial score (nSPS) is 11.5. The molecule has 0 aliphatic heterocycles. The van der Waals surface area contributed by atoms with E-state index in [0.717, 1.165) is 10.8 Å². The van der Waals surface area contributed by atoms with Crippen LogP contribution in [0.3, 0.4) is 0 Å². The number of hydrogen-bond donors (Lipinski definition) is 2. The Kier molecular flexibility index (Phi) is 5.11. The van der Waals surface area contributed by atoms with Crippen LogP contribution >= 0.6 is 0 Å². The summed E-state index contributed by atoms with van der Waals surface area (Å²) in [5, 5.41) is 5.17. The molecule has 0 atom stereocenters. The van der Waals surface area contributed by atoms with Crippen LogP contribution in [0, 0.1) is 6.92 Å². The highest BCUT2D eigenvalue weighted by molar-refractivity contribution is 7.92. The standard InChI is InChI=1S/C26H20N2O4S/c1-17-25(26(29)27-20-9-3-2-4-10-20)23-16-21(12-14-24(23)32-17)28-33(30,31)22-13-11-18-7-5-6-8-19(18)15-22/h2-16,28H,1H3,(H,27,29). The molecule has 33 heavy (non-hydrogen) atoms. The van der Waals surface area contributed by atoms with Crippen molar-refractivity contribution in [3.63, 3.8) is 0 Å². The molecule has 0 radical (unpaired) electrons. The number of sulfonamides is 1. The van der Waals surface area contributed by atoms with Crippen molar-refractivity contribution in [1.29, 1.82) is 0 Å². The molecule has 5 rings (SSSR count). The Morgan fingerprint density at radius 2 is 1.52 bits per heavy atom. The number of benzene rings is 4. The molecule has 6 nitrogen and oxygen atoms in total. The molecule has 0 fully saturated rings. The summed E-state index contributed by atoms with van der Waals surface area (Å²) in [5.41, 5.74) is 1.86. The lowest BCUT2D eigenvalue weighted by atomic mass is 10.1. The fraction of sp³-hybridized carbons (Fsp3) is 0.0385. The summed E-state index contributed by atoms with van der Waals surface area (Å²) in [4.78, 5) is 13.1. The van der Waals surface area contributed by atoms with Crippen LogP contribution in [0.25, 0.3) is 21.7 Å². The maximum Gasteiger partial charge on any atom is 0.261 e. The zero-order valence-corrected chi connectivity index (χ0v) is 18.5. The van der Waals surface area contributed by atoms with Crippen LogP contribution in [-0.2, 0) is 10.0 Å². The van der Waals surface area contributed by atoms with Crippen LogP contribution in [0.5, 0.6) is 0 Å². The minimum absolute atomic E-state index is 0.159. The minimum Gasteiger partial charge on any atom is -0.461 e. The summed E-state index contributed by atoms with van der Waals surface area (Å²) < 4.78 is 34.4. The smallest absolute Gasteiger partial charge is 0.261 e. The first-order valence-corrected chi connectivity index (χ1v) is 11.8. The number of carbonyl (C=O) groups excluding carboxylic acids is 1. The molecule has 0 aliphatic carbocycles. The van der Waals surface area contributed by atoms with Crippen molar-refractivity contribution < 1.29 is 17.6 Å². The quantitative estimate of drug-likeness (QED) is 0.342. The molecule has 5 aromatic rings. The van der Waals surface area contributed by atoms with Gasteiger partial charge in [0.05, 0.1) is 10.5 Å². The lowest BCUT2D eigenvalue weighted by Gasteiger charge is -2.09. The zero-order chi connectivity index (χ0) is 23.0. The van der Waals surface area contributed by atoms with Crippen LogP contribution in [0.15, 0.2) is 100 Å². The third-order valence-electron chi connectivity index (χ3n) is 5.41. The zero-order valence-electron chi connectivity index (χ0n) is 17.7. The summed E-state index contributed by atoms with van der Waals surface area (Å²) in [7, 11) is -3.83. The van der Waals surface area contributed by atoms with E-state index in [-0.39, 0.29) is 10.8 Å². The van der Waals surface area contributed by atoms with E-state index in [4.69, 9.17) is 4.42 Å². The maximum atomic E-state index is 13.0. The molecule has 1 aromatic heterocycles. The number of furan rings is 1. The van der Waals surface area contributed by atoms with Crippen LogP contribution in [0.2, 0.25) is 0 Å². The molecule has 0 spiro atoms. The highest BCUT2D eigenvalue weighted by Gasteiger charge is 2.20. The summed E-state index contributed by atoms with van der Waals surface area (Å²) in [5.74, 6) is 0.125. The SMILES string of the molecule is Cc1oc2ccc(NS(=O)(=O)c3ccc4ccccc4c3)cc2c1C(=O)Nc1ccccc1. The Morgan fingerprint density at radius 1 is 0.788 bits per heavy atom. The highest BCUT2D eigenvalue weighted by atomic mass is 32.2. The average molecular weight is 457 g/mol. The van der Waals surface area contributed by atoms with Crippen molar-refractivity contribution in [2.24, 2.45) is 0 Å². The average Bonchev–Trinajstić information content (AvgIpc) is 3.14. The minimum atomic E-state index is -3.83. The van der Waals surface area contributed by atoms with Gasteiger partial charge in [0, 0.05) is 16.8 Å². The molecule has 4 aromatic carbocycles. The van der Waals surface area contributed by atoms with Gasteiger partial charge in [0.2, 0.25) is 0 Å². The van der Waals surface area contributed by atoms with Crippen LogP contribution in [0.1, 0.15) is 16.1 Å². The Balaban J connectivity index is 1.48. The van der Waals surface area contributed by atoms with Gasteiger partial charge in [-0.25, -0.2) is 8.42 Å². The molecular formula is C26H20N2O4S.